The molecule has 1 heterocycles. The van der Waals surface area contributed by atoms with Gasteiger partial charge in [-0.15, -0.1) is 5.10 Å². The predicted octanol–water partition coefficient (Wildman–Crippen LogP) is 4.67. The molecule has 0 spiro atoms. The molecular formula is C25H22N4O3. The topological polar surface area (TPSA) is 86.1 Å². The van der Waals surface area contributed by atoms with Gasteiger partial charge in [-0.25, -0.2) is 9.48 Å². The van der Waals surface area contributed by atoms with Crippen molar-refractivity contribution in [2.75, 3.05) is 11.9 Å². The van der Waals surface area contributed by atoms with Crippen LogP contribution in [0.3, 0.4) is 0 Å². The monoisotopic (exact) mass is 426 g/mol. The summed E-state index contributed by atoms with van der Waals surface area (Å²) in [4.78, 5) is 24.4. The fourth-order valence-corrected chi connectivity index (χ4v) is 3.21. The van der Waals surface area contributed by atoms with Gasteiger partial charge < -0.3 is 10.1 Å². The third-order valence-electron chi connectivity index (χ3n) is 4.92. The molecule has 32 heavy (non-hydrogen) atoms. The fourth-order valence-electron chi connectivity index (χ4n) is 3.21. The molecule has 1 amide bonds. The van der Waals surface area contributed by atoms with Crippen molar-refractivity contribution in [1.29, 1.82) is 0 Å². The minimum Gasteiger partial charge on any atom is -0.462 e. The number of carbonyl (C=O) groups excluding carboxylic acids is 2. The Labute approximate surface area is 185 Å². The van der Waals surface area contributed by atoms with Crippen LogP contribution in [0.2, 0.25) is 0 Å². The van der Waals surface area contributed by atoms with E-state index in [1.165, 1.54) is 5.56 Å². The fraction of sp³-hybridized carbons (Fsp3) is 0.120. The number of amides is 1. The number of aryl methyl sites for hydroxylation is 1. The molecule has 0 bridgehead atoms. The van der Waals surface area contributed by atoms with E-state index in [-0.39, 0.29) is 11.9 Å². The van der Waals surface area contributed by atoms with E-state index in [4.69, 9.17) is 4.74 Å². The van der Waals surface area contributed by atoms with Gasteiger partial charge in [0, 0.05) is 16.8 Å². The number of rotatable bonds is 6. The normalized spacial score (nSPS) is 10.6. The standard InChI is InChI=1S/C25H22N4O3/c1-3-32-25(31)20-8-12-21(13-9-20)27-24(30)19-10-14-22(15-11-19)29-23(16-26-28-29)18-6-4-17(2)5-7-18/h4-16H,3H2,1-2H3,(H,27,30). The number of carbonyl (C=O) groups is 2. The highest BCUT2D eigenvalue weighted by Crippen LogP contribution is 2.22. The van der Waals surface area contributed by atoms with Gasteiger partial charge in [0.1, 0.15) is 0 Å². The lowest BCUT2D eigenvalue weighted by Crippen LogP contribution is -2.12. The summed E-state index contributed by atoms with van der Waals surface area (Å²) < 4.78 is 6.70. The summed E-state index contributed by atoms with van der Waals surface area (Å²) in [6, 6.07) is 21.8. The van der Waals surface area contributed by atoms with E-state index in [0.29, 0.717) is 23.4 Å². The predicted molar refractivity (Wildman–Crippen MR) is 122 cm³/mol. The van der Waals surface area contributed by atoms with Gasteiger partial charge in [0.05, 0.1) is 29.7 Å². The van der Waals surface area contributed by atoms with Crippen LogP contribution in [0.4, 0.5) is 5.69 Å². The van der Waals surface area contributed by atoms with Crippen LogP contribution in [0.25, 0.3) is 16.9 Å². The van der Waals surface area contributed by atoms with E-state index >= 15 is 0 Å². The van der Waals surface area contributed by atoms with Crippen molar-refractivity contribution < 1.29 is 14.3 Å². The molecule has 0 aliphatic heterocycles. The van der Waals surface area contributed by atoms with Crippen LogP contribution in [-0.4, -0.2) is 33.5 Å². The maximum absolute atomic E-state index is 12.6. The average Bonchev–Trinajstić information content (AvgIpc) is 3.30. The summed E-state index contributed by atoms with van der Waals surface area (Å²) >= 11 is 0. The van der Waals surface area contributed by atoms with Gasteiger partial charge in [-0.1, -0.05) is 35.0 Å². The first-order chi connectivity index (χ1) is 15.5. The molecule has 3 aromatic carbocycles. The lowest BCUT2D eigenvalue weighted by molar-refractivity contribution is 0.0526. The van der Waals surface area contributed by atoms with E-state index in [0.717, 1.165) is 16.9 Å². The molecule has 0 radical (unpaired) electrons. The van der Waals surface area contributed by atoms with Crippen LogP contribution in [0.1, 0.15) is 33.2 Å². The van der Waals surface area contributed by atoms with Crippen molar-refractivity contribution in [3.05, 3.63) is 95.7 Å². The molecule has 7 heteroatoms. The quantitative estimate of drug-likeness (QED) is 0.453. The summed E-state index contributed by atoms with van der Waals surface area (Å²) in [6.07, 6.45) is 1.71. The van der Waals surface area contributed by atoms with E-state index in [1.54, 1.807) is 54.2 Å². The van der Waals surface area contributed by atoms with Crippen LogP contribution < -0.4 is 5.32 Å². The first kappa shape index (κ1) is 21.0. The van der Waals surface area contributed by atoms with Crippen molar-refractivity contribution in [1.82, 2.24) is 15.0 Å². The van der Waals surface area contributed by atoms with Crippen LogP contribution in [0, 0.1) is 6.92 Å². The molecule has 0 fully saturated rings. The molecule has 0 saturated heterocycles. The number of nitrogens with zero attached hydrogens (tertiary/aromatic N) is 3. The van der Waals surface area contributed by atoms with Crippen LogP contribution in [0.5, 0.6) is 0 Å². The molecule has 0 atom stereocenters. The molecule has 0 aliphatic rings. The second-order valence-corrected chi connectivity index (χ2v) is 7.20. The highest BCUT2D eigenvalue weighted by Gasteiger charge is 2.12. The molecule has 0 saturated carbocycles. The summed E-state index contributed by atoms with van der Waals surface area (Å²) in [5.74, 6) is -0.642. The van der Waals surface area contributed by atoms with Gasteiger partial charge >= 0.3 is 5.97 Å². The molecule has 4 aromatic rings. The average molecular weight is 426 g/mol. The summed E-state index contributed by atoms with van der Waals surface area (Å²) in [7, 11) is 0. The minimum atomic E-state index is -0.390. The first-order valence-electron chi connectivity index (χ1n) is 10.2. The number of hydrogen-bond acceptors (Lipinski definition) is 5. The molecular weight excluding hydrogens is 404 g/mol. The zero-order chi connectivity index (χ0) is 22.5. The SMILES string of the molecule is CCOC(=O)c1ccc(NC(=O)c2ccc(-n3nncc3-c3ccc(C)cc3)cc2)cc1. The Kier molecular flexibility index (Phi) is 6.07. The number of ether oxygens (including phenoxy) is 1. The second kappa shape index (κ2) is 9.26. The molecule has 4 rings (SSSR count). The summed E-state index contributed by atoms with van der Waals surface area (Å²) in [6.45, 7) is 4.11. The summed E-state index contributed by atoms with van der Waals surface area (Å²) in [5, 5.41) is 11.1. The second-order valence-electron chi connectivity index (χ2n) is 7.20. The minimum absolute atomic E-state index is 0.252. The van der Waals surface area contributed by atoms with E-state index in [1.807, 2.05) is 43.3 Å². The highest BCUT2D eigenvalue weighted by molar-refractivity contribution is 6.04. The number of nitrogens with one attached hydrogen (secondary N) is 1. The molecule has 0 aliphatic carbocycles. The molecule has 7 nitrogen and oxygen atoms in total. The number of benzene rings is 3. The van der Waals surface area contributed by atoms with Gasteiger partial charge in [0.2, 0.25) is 0 Å². The maximum atomic E-state index is 12.6. The first-order valence-corrected chi connectivity index (χ1v) is 10.2. The Balaban J connectivity index is 1.47. The molecule has 160 valence electrons. The zero-order valence-corrected chi connectivity index (χ0v) is 17.8. The molecule has 1 aromatic heterocycles. The number of hydrogen-bond donors (Lipinski definition) is 1. The largest absolute Gasteiger partial charge is 0.462 e. The molecule has 0 unspecified atom stereocenters. The third-order valence-corrected chi connectivity index (χ3v) is 4.92. The van der Waals surface area contributed by atoms with Crippen molar-refractivity contribution in [2.45, 2.75) is 13.8 Å². The van der Waals surface area contributed by atoms with Crippen molar-refractivity contribution in [2.24, 2.45) is 0 Å². The Hall–Kier alpha value is -4.26. The number of esters is 1. The smallest absolute Gasteiger partial charge is 0.338 e. The van der Waals surface area contributed by atoms with Crippen molar-refractivity contribution in [3.8, 4) is 16.9 Å². The lowest BCUT2D eigenvalue weighted by atomic mass is 10.1. The Morgan fingerprint density at radius 2 is 1.56 bits per heavy atom. The van der Waals surface area contributed by atoms with Crippen LogP contribution >= 0.6 is 0 Å². The van der Waals surface area contributed by atoms with Gasteiger partial charge in [0.15, 0.2) is 0 Å². The van der Waals surface area contributed by atoms with Crippen molar-refractivity contribution in [3.63, 3.8) is 0 Å². The van der Waals surface area contributed by atoms with Crippen molar-refractivity contribution >= 4 is 17.6 Å². The molecule has 1 N–H and O–H groups in total. The zero-order valence-electron chi connectivity index (χ0n) is 17.8. The Morgan fingerprint density at radius 3 is 2.22 bits per heavy atom. The van der Waals surface area contributed by atoms with E-state index in [9.17, 15) is 9.59 Å². The number of anilines is 1. The van der Waals surface area contributed by atoms with Gasteiger partial charge in [0.25, 0.3) is 5.91 Å². The Bertz CT molecular complexity index is 1230. The van der Waals surface area contributed by atoms with Gasteiger partial charge in [-0.2, -0.15) is 0 Å². The summed E-state index contributed by atoms with van der Waals surface area (Å²) in [5.41, 5.74) is 5.38. The van der Waals surface area contributed by atoms with Crippen LogP contribution in [0.15, 0.2) is 79.0 Å². The van der Waals surface area contributed by atoms with E-state index < -0.39 is 0 Å². The van der Waals surface area contributed by atoms with Gasteiger partial charge in [-0.05, 0) is 62.4 Å². The Morgan fingerprint density at radius 1 is 0.906 bits per heavy atom. The maximum Gasteiger partial charge on any atom is 0.338 e. The highest BCUT2D eigenvalue weighted by atomic mass is 16.5. The van der Waals surface area contributed by atoms with Crippen LogP contribution in [-0.2, 0) is 4.74 Å². The lowest BCUT2D eigenvalue weighted by Gasteiger charge is -2.09. The van der Waals surface area contributed by atoms with E-state index in [2.05, 4.69) is 15.6 Å². The third kappa shape index (κ3) is 4.57. The number of aromatic nitrogens is 3. The van der Waals surface area contributed by atoms with Gasteiger partial charge in [-0.3, -0.25) is 4.79 Å².